The van der Waals surface area contributed by atoms with Gasteiger partial charge in [-0.15, -0.1) is 0 Å². The van der Waals surface area contributed by atoms with Crippen LogP contribution in [0.3, 0.4) is 0 Å². The van der Waals surface area contributed by atoms with Gasteiger partial charge in [-0.25, -0.2) is 4.98 Å². The summed E-state index contributed by atoms with van der Waals surface area (Å²) in [5, 5.41) is 3.42. The largest absolute Gasteiger partial charge is 0.326 e. The second-order valence-corrected chi connectivity index (χ2v) is 5.43. The van der Waals surface area contributed by atoms with Crippen LogP contribution in [0.1, 0.15) is 50.3 Å². The van der Waals surface area contributed by atoms with Crippen LogP contribution in [0.5, 0.6) is 0 Å². The summed E-state index contributed by atoms with van der Waals surface area (Å²) in [5.41, 5.74) is 3.23. The molecule has 88 valence electrons. The summed E-state index contributed by atoms with van der Waals surface area (Å²) in [4.78, 5) is 4.85. The average molecular weight is 219 g/mol. The highest BCUT2D eigenvalue weighted by Gasteiger charge is 2.42. The third kappa shape index (κ3) is 1.49. The molecular weight excluding hydrogens is 198 g/mol. The number of rotatable bonds is 3. The summed E-state index contributed by atoms with van der Waals surface area (Å²) < 4.78 is 2.58. The van der Waals surface area contributed by atoms with E-state index in [0.29, 0.717) is 5.54 Å². The Hall–Kier alpha value is -0.830. The molecule has 1 aliphatic heterocycles. The molecule has 3 nitrogen and oxygen atoms in total. The summed E-state index contributed by atoms with van der Waals surface area (Å²) in [6.45, 7) is 6.71. The van der Waals surface area contributed by atoms with Crippen LogP contribution in [0.4, 0.5) is 0 Å². The van der Waals surface area contributed by atoms with Crippen molar-refractivity contribution in [3.05, 3.63) is 17.2 Å². The van der Waals surface area contributed by atoms with Crippen molar-refractivity contribution in [2.45, 2.75) is 58.0 Å². The second-order valence-electron chi connectivity index (χ2n) is 5.43. The van der Waals surface area contributed by atoms with Crippen LogP contribution in [0.2, 0.25) is 0 Å². The Balaban J connectivity index is 2.07. The molecule has 1 saturated carbocycles. The van der Waals surface area contributed by atoms with Gasteiger partial charge in [-0.3, -0.25) is 0 Å². The molecule has 1 aromatic heterocycles. The number of hydrogen-bond acceptors (Lipinski definition) is 2. The monoisotopic (exact) mass is 219 g/mol. The van der Waals surface area contributed by atoms with Crippen LogP contribution in [0.15, 0.2) is 0 Å². The maximum atomic E-state index is 4.85. The van der Waals surface area contributed by atoms with Gasteiger partial charge >= 0.3 is 0 Å². The van der Waals surface area contributed by atoms with Gasteiger partial charge in [-0.05, 0) is 26.2 Å². The number of aryl methyl sites for hydroxylation is 1. The van der Waals surface area contributed by atoms with Gasteiger partial charge in [0.15, 0.2) is 0 Å². The standard InChI is InChI=1S/C13H21N3/c1-3-4-12-15-10-9-14-8-5-11(10)16(12)13(2)6-7-13/h14H,3-9H2,1-2H3. The van der Waals surface area contributed by atoms with Crippen LogP contribution in [0.25, 0.3) is 0 Å². The Kier molecular flexibility index (Phi) is 2.32. The van der Waals surface area contributed by atoms with E-state index in [1.165, 1.54) is 36.5 Å². The molecule has 1 N–H and O–H groups in total. The van der Waals surface area contributed by atoms with Crippen LogP contribution in [-0.4, -0.2) is 16.1 Å². The third-order valence-corrected chi connectivity index (χ3v) is 3.94. The van der Waals surface area contributed by atoms with Gasteiger partial charge in [0.25, 0.3) is 0 Å². The number of aromatic nitrogens is 2. The minimum absolute atomic E-state index is 0.405. The highest BCUT2D eigenvalue weighted by molar-refractivity contribution is 5.24. The molecule has 0 atom stereocenters. The first-order chi connectivity index (χ1) is 7.74. The predicted octanol–water partition coefficient (Wildman–Crippen LogP) is 1.99. The fourth-order valence-corrected chi connectivity index (χ4v) is 2.80. The maximum Gasteiger partial charge on any atom is 0.109 e. The van der Waals surface area contributed by atoms with Gasteiger partial charge < -0.3 is 9.88 Å². The lowest BCUT2D eigenvalue weighted by atomic mass is 10.1. The first-order valence-electron chi connectivity index (χ1n) is 6.55. The van der Waals surface area contributed by atoms with Gasteiger partial charge in [0.1, 0.15) is 5.82 Å². The zero-order valence-corrected chi connectivity index (χ0v) is 10.3. The van der Waals surface area contributed by atoms with Crippen LogP contribution < -0.4 is 5.32 Å². The minimum Gasteiger partial charge on any atom is -0.326 e. The van der Waals surface area contributed by atoms with E-state index >= 15 is 0 Å². The molecule has 0 radical (unpaired) electrons. The lowest BCUT2D eigenvalue weighted by molar-refractivity contribution is 0.475. The van der Waals surface area contributed by atoms with Crippen molar-refractivity contribution in [1.82, 2.24) is 14.9 Å². The minimum atomic E-state index is 0.405. The van der Waals surface area contributed by atoms with Crippen LogP contribution in [0, 0.1) is 0 Å². The molecule has 0 saturated heterocycles. The summed E-state index contributed by atoms with van der Waals surface area (Å²) in [7, 11) is 0. The first kappa shape index (κ1) is 10.3. The Morgan fingerprint density at radius 2 is 2.25 bits per heavy atom. The molecule has 1 aromatic rings. The van der Waals surface area contributed by atoms with Crippen molar-refractivity contribution in [2.75, 3.05) is 6.54 Å². The fraction of sp³-hybridized carbons (Fsp3) is 0.769. The van der Waals surface area contributed by atoms with Crippen molar-refractivity contribution < 1.29 is 0 Å². The Labute approximate surface area is 97.3 Å². The number of fused-ring (bicyclic) bond motifs is 1. The zero-order chi connectivity index (χ0) is 11.2. The molecule has 1 aliphatic carbocycles. The van der Waals surface area contributed by atoms with Crippen molar-refractivity contribution in [1.29, 1.82) is 0 Å². The summed E-state index contributed by atoms with van der Waals surface area (Å²) in [6.07, 6.45) is 6.14. The quantitative estimate of drug-likeness (QED) is 0.842. The van der Waals surface area contributed by atoms with E-state index in [1.807, 2.05) is 0 Å². The fourth-order valence-electron chi connectivity index (χ4n) is 2.80. The highest BCUT2D eigenvalue weighted by Crippen LogP contribution is 2.45. The van der Waals surface area contributed by atoms with Crippen molar-refractivity contribution in [3.63, 3.8) is 0 Å². The number of nitrogens with zero attached hydrogens (tertiary/aromatic N) is 2. The van der Waals surface area contributed by atoms with E-state index in [-0.39, 0.29) is 0 Å². The van der Waals surface area contributed by atoms with Crippen molar-refractivity contribution >= 4 is 0 Å². The Bertz CT molecular complexity index is 402. The van der Waals surface area contributed by atoms with E-state index in [1.54, 1.807) is 0 Å². The number of imidazole rings is 1. The molecule has 16 heavy (non-hydrogen) atoms. The van der Waals surface area contributed by atoms with E-state index < -0.39 is 0 Å². The van der Waals surface area contributed by atoms with Crippen LogP contribution in [-0.2, 0) is 24.9 Å². The zero-order valence-electron chi connectivity index (χ0n) is 10.3. The third-order valence-electron chi connectivity index (χ3n) is 3.94. The summed E-state index contributed by atoms with van der Waals surface area (Å²) in [6, 6.07) is 0. The van der Waals surface area contributed by atoms with E-state index in [9.17, 15) is 0 Å². The van der Waals surface area contributed by atoms with Crippen molar-refractivity contribution in [2.24, 2.45) is 0 Å². The van der Waals surface area contributed by atoms with Gasteiger partial charge in [0, 0.05) is 37.2 Å². The Morgan fingerprint density at radius 1 is 1.44 bits per heavy atom. The van der Waals surface area contributed by atoms with Gasteiger partial charge in [0.05, 0.1) is 5.69 Å². The molecular formula is C13H21N3. The first-order valence-corrected chi connectivity index (χ1v) is 6.55. The molecule has 1 fully saturated rings. The van der Waals surface area contributed by atoms with E-state index in [4.69, 9.17) is 4.98 Å². The summed E-state index contributed by atoms with van der Waals surface area (Å²) >= 11 is 0. The van der Waals surface area contributed by atoms with E-state index in [0.717, 1.165) is 25.9 Å². The molecule has 3 rings (SSSR count). The Morgan fingerprint density at radius 3 is 2.94 bits per heavy atom. The maximum absolute atomic E-state index is 4.85. The molecule has 0 bridgehead atoms. The molecule has 2 aliphatic rings. The smallest absolute Gasteiger partial charge is 0.109 e. The van der Waals surface area contributed by atoms with Gasteiger partial charge in [-0.1, -0.05) is 6.92 Å². The lowest BCUT2D eigenvalue weighted by Crippen LogP contribution is -2.27. The van der Waals surface area contributed by atoms with Gasteiger partial charge in [-0.2, -0.15) is 0 Å². The van der Waals surface area contributed by atoms with Gasteiger partial charge in [0.2, 0.25) is 0 Å². The highest BCUT2D eigenvalue weighted by atomic mass is 15.2. The average Bonchev–Trinajstić information content (AvgIpc) is 2.91. The predicted molar refractivity (Wildman–Crippen MR) is 64.5 cm³/mol. The summed E-state index contributed by atoms with van der Waals surface area (Å²) in [5.74, 6) is 1.33. The molecule has 0 amide bonds. The molecule has 0 spiro atoms. The molecule has 0 aromatic carbocycles. The SMILES string of the molecule is CCCc1nc2c(n1C1(C)CC1)CCNC2. The van der Waals surface area contributed by atoms with Crippen molar-refractivity contribution in [3.8, 4) is 0 Å². The normalized spacial score (nSPS) is 21.9. The topological polar surface area (TPSA) is 29.9 Å². The molecule has 3 heteroatoms. The molecule has 2 heterocycles. The lowest BCUT2D eigenvalue weighted by Gasteiger charge is -2.21. The molecule has 0 unspecified atom stereocenters. The van der Waals surface area contributed by atoms with Crippen LogP contribution >= 0.6 is 0 Å². The number of hydrogen-bond donors (Lipinski definition) is 1. The van der Waals surface area contributed by atoms with E-state index in [2.05, 4.69) is 23.7 Å². The second kappa shape index (κ2) is 3.59. The number of nitrogens with one attached hydrogen (secondary N) is 1.